The number of anilines is 1. The summed E-state index contributed by atoms with van der Waals surface area (Å²) in [6.07, 6.45) is 6.68. The summed E-state index contributed by atoms with van der Waals surface area (Å²) in [7, 11) is 0. The van der Waals surface area contributed by atoms with Crippen LogP contribution in [0.5, 0.6) is 0 Å². The smallest absolute Gasteiger partial charge is 0.193 e. The molecule has 0 saturated heterocycles. The van der Waals surface area contributed by atoms with Gasteiger partial charge in [-0.25, -0.2) is 4.99 Å². The lowest BCUT2D eigenvalue weighted by molar-refractivity contribution is 0.511. The minimum absolute atomic E-state index is 0. The van der Waals surface area contributed by atoms with E-state index >= 15 is 0 Å². The predicted octanol–water partition coefficient (Wildman–Crippen LogP) is 3.67. The van der Waals surface area contributed by atoms with E-state index < -0.39 is 0 Å². The van der Waals surface area contributed by atoms with E-state index in [1.165, 1.54) is 37.7 Å². The lowest BCUT2D eigenvalue weighted by atomic mass is 10.1. The Hall–Kier alpha value is -0.780. The molecule has 0 bridgehead atoms. The number of benzene rings is 1. The van der Waals surface area contributed by atoms with Gasteiger partial charge in [0.05, 0.1) is 6.04 Å². The standard InChI is InChI=1S/C15H21N3.HI/c1-11-5-4-6-12(9-11)17-14(16)18-13-10-15(13)7-2-3-8-15;/h4-6,9,13H,2-3,7-8,10H2,1H3,(H3,16,17,18);1H. The van der Waals surface area contributed by atoms with Gasteiger partial charge in [-0.3, -0.25) is 0 Å². The Morgan fingerprint density at radius 2 is 2.11 bits per heavy atom. The van der Waals surface area contributed by atoms with Crippen molar-refractivity contribution in [3.05, 3.63) is 29.8 Å². The quantitative estimate of drug-likeness (QED) is 0.474. The van der Waals surface area contributed by atoms with Gasteiger partial charge in [0.25, 0.3) is 0 Å². The minimum atomic E-state index is 0. The summed E-state index contributed by atoms with van der Waals surface area (Å²) >= 11 is 0. The largest absolute Gasteiger partial charge is 0.370 e. The molecule has 4 heteroatoms. The molecule has 1 unspecified atom stereocenters. The molecule has 0 heterocycles. The van der Waals surface area contributed by atoms with Crippen LogP contribution >= 0.6 is 24.0 Å². The predicted molar refractivity (Wildman–Crippen MR) is 91.1 cm³/mol. The van der Waals surface area contributed by atoms with Gasteiger partial charge < -0.3 is 11.1 Å². The highest BCUT2D eigenvalue weighted by Gasteiger charge is 2.55. The molecule has 0 amide bonds. The molecule has 0 radical (unpaired) electrons. The first kappa shape index (κ1) is 14.6. The second-order valence-electron chi connectivity index (χ2n) is 5.80. The third-order valence-corrected chi connectivity index (χ3v) is 4.33. The molecule has 2 aliphatic carbocycles. The van der Waals surface area contributed by atoms with Crippen molar-refractivity contribution in [2.45, 2.75) is 45.1 Å². The van der Waals surface area contributed by atoms with Crippen LogP contribution < -0.4 is 11.1 Å². The molecule has 19 heavy (non-hydrogen) atoms. The summed E-state index contributed by atoms with van der Waals surface area (Å²) in [5, 5.41) is 3.19. The molecule has 3 N–H and O–H groups in total. The van der Waals surface area contributed by atoms with E-state index in [2.05, 4.69) is 29.4 Å². The summed E-state index contributed by atoms with van der Waals surface area (Å²) < 4.78 is 0. The zero-order valence-electron chi connectivity index (χ0n) is 11.4. The first-order valence-corrected chi connectivity index (χ1v) is 6.85. The second kappa shape index (κ2) is 5.69. The second-order valence-corrected chi connectivity index (χ2v) is 5.80. The molecule has 0 aliphatic heterocycles. The maximum atomic E-state index is 5.99. The van der Waals surface area contributed by atoms with E-state index in [1.54, 1.807) is 0 Å². The van der Waals surface area contributed by atoms with Crippen molar-refractivity contribution in [3.8, 4) is 0 Å². The Balaban J connectivity index is 0.00000133. The van der Waals surface area contributed by atoms with E-state index in [9.17, 15) is 0 Å². The zero-order chi connectivity index (χ0) is 12.6. The van der Waals surface area contributed by atoms with Crippen LogP contribution in [-0.4, -0.2) is 12.0 Å². The summed E-state index contributed by atoms with van der Waals surface area (Å²) in [5.74, 6) is 0.564. The maximum Gasteiger partial charge on any atom is 0.193 e. The van der Waals surface area contributed by atoms with Crippen LogP contribution in [-0.2, 0) is 0 Å². The van der Waals surface area contributed by atoms with Gasteiger partial charge in [-0.1, -0.05) is 25.0 Å². The average Bonchev–Trinajstić information content (AvgIpc) is 2.76. The fourth-order valence-corrected chi connectivity index (χ4v) is 3.20. The Bertz CT molecular complexity index is 478. The highest BCUT2D eigenvalue weighted by atomic mass is 127. The fourth-order valence-electron chi connectivity index (χ4n) is 3.20. The van der Waals surface area contributed by atoms with Crippen LogP contribution in [0.2, 0.25) is 0 Å². The number of hydrogen-bond acceptors (Lipinski definition) is 1. The minimum Gasteiger partial charge on any atom is -0.370 e. The number of nitrogens with zero attached hydrogens (tertiary/aromatic N) is 1. The van der Waals surface area contributed by atoms with Crippen molar-refractivity contribution in [1.82, 2.24) is 0 Å². The Morgan fingerprint density at radius 1 is 1.37 bits per heavy atom. The van der Waals surface area contributed by atoms with Crippen LogP contribution in [0.3, 0.4) is 0 Å². The van der Waals surface area contributed by atoms with Crippen molar-refractivity contribution in [3.63, 3.8) is 0 Å². The molecule has 3 nitrogen and oxygen atoms in total. The van der Waals surface area contributed by atoms with Crippen LogP contribution in [0.4, 0.5) is 5.69 Å². The van der Waals surface area contributed by atoms with E-state index in [4.69, 9.17) is 5.73 Å². The van der Waals surface area contributed by atoms with E-state index in [1.807, 2.05) is 12.1 Å². The van der Waals surface area contributed by atoms with Gasteiger partial charge in [-0.05, 0) is 49.3 Å². The summed E-state index contributed by atoms with van der Waals surface area (Å²) in [6, 6.07) is 8.68. The first-order chi connectivity index (χ1) is 8.68. The van der Waals surface area contributed by atoms with Crippen LogP contribution in [0.25, 0.3) is 0 Å². The molecule has 1 spiro atoms. The molecule has 104 valence electrons. The number of aliphatic imine (C=N–C) groups is 1. The molecule has 1 atom stereocenters. The molecule has 1 aromatic carbocycles. The topological polar surface area (TPSA) is 50.4 Å². The molecule has 1 aromatic rings. The average molecular weight is 371 g/mol. The van der Waals surface area contributed by atoms with Gasteiger partial charge in [0.2, 0.25) is 0 Å². The van der Waals surface area contributed by atoms with E-state index in [0.29, 0.717) is 17.4 Å². The SMILES string of the molecule is Cc1cccc(NC(N)=NC2CC23CCCC3)c1.I. The maximum absolute atomic E-state index is 5.99. The molecular weight excluding hydrogens is 349 g/mol. The van der Waals surface area contributed by atoms with E-state index in [0.717, 1.165) is 5.69 Å². The third kappa shape index (κ3) is 3.22. The lowest BCUT2D eigenvalue weighted by Gasteiger charge is -2.08. The Morgan fingerprint density at radius 3 is 2.79 bits per heavy atom. The lowest BCUT2D eigenvalue weighted by Crippen LogP contribution is -2.23. The molecule has 2 fully saturated rings. The Kier molecular flexibility index (Phi) is 4.38. The number of rotatable bonds is 2. The molecule has 2 aliphatic rings. The summed E-state index contributed by atoms with van der Waals surface area (Å²) in [5.41, 5.74) is 8.77. The van der Waals surface area contributed by atoms with Gasteiger partial charge in [0.15, 0.2) is 5.96 Å². The van der Waals surface area contributed by atoms with Gasteiger partial charge in [0.1, 0.15) is 0 Å². The van der Waals surface area contributed by atoms with Crippen molar-refractivity contribution >= 4 is 35.6 Å². The summed E-state index contributed by atoms with van der Waals surface area (Å²) in [4.78, 5) is 4.63. The van der Waals surface area contributed by atoms with Crippen molar-refractivity contribution in [2.24, 2.45) is 16.1 Å². The highest BCUT2D eigenvalue weighted by Crippen LogP contribution is 2.59. The van der Waals surface area contributed by atoms with Crippen molar-refractivity contribution in [2.75, 3.05) is 5.32 Å². The number of aryl methyl sites for hydroxylation is 1. The zero-order valence-corrected chi connectivity index (χ0v) is 13.7. The summed E-state index contributed by atoms with van der Waals surface area (Å²) in [6.45, 7) is 2.08. The molecule has 3 rings (SSSR count). The van der Waals surface area contributed by atoms with Crippen LogP contribution in [0.15, 0.2) is 29.3 Å². The molecule has 0 aromatic heterocycles. The number of nitrogens with two attached hydrogens (primary N) is 1. The van der Waals surface area contributed by atoms with Crippen LogP contribution in [0.1, 0.15) is 37.7 Å². The van der Waals surface area contributed by atoms with Crippen molar-refractivity contribution in [1.29, 1.82) is 0 Å². The molecular formula is C15H22IN3. The van der Waals surface area contributed by atoms with Gasteiger partial charge >= 0.3 is 0 Å². The number of guanidine groups is 1. The highest BCUT2D eigenvalue weighted by molar-refractivity contribution is 14.0. The number of hydrogen-bond donors (Lipinski definition) is 2. The number of halogens is 1. The fraction of sp³-hybridized carbons (Fsp3) is 0.533. The van der Waals surface area contributed by atoms with Gasteiger partial charge in [0, 0.05) is 5.69 Å². The van der Waals surface area contributed by atoms with Gasteiger partial charge in [-0.2, -0.15) is 0 Å². The first-order valence-electron chi connectivity index (χ1n) is 6.85. The van der Waals surface area contributed by atoms with E-state index in [-0.39, 0.29) is 24.0 Å². The van der Waals surface area contributed by atoms with Crippen molar-refractivity contribution < 1.29 is 0 Å². The number of nitrogens with one attached hydrogen (secondary N) is 1. The van der Waals surface area contributed by atoms with Crippen LogP contribution in [0, 0.1) is 12.3 Å². The normalized spacial score (nSPS) is 24.1. The molecule has 2 saturated carbocycles. The monoisotopic (exact) mass is 371 g/mol. The third-order valence-electron chi connectivity index (χ3n) is 4.33. The van der Waals surface area contributed by atoms with Gasteiger partial charge in [-0.15, -0.1) is 24.0 Å². The Labute approximate surface area is 132 Å².